The van der Waals surface area contributed by atoms with Crippen molar-refractivity contribution in [2.75, 3.05) is 11.2 Å². The minimum absolute atomic E-state index is 0.633. The van der Waals surface area contributed by atoms with E-state index in [0.717, 1.165) is 16.8 Å². The van der Waals surface area contributed by atoms with Gasteiger partial charge < -0.3 is 5.73 Å². The summed E-state index contributed by atoms with van der Waals surface area (Å²) in [5, 5.41) is 15.7. The second-order valence-electron chi connectivity index (χ2n) is 5.15. The third-order valence-electron chi connectivity index (χ3n) is 3.31. The van der Waals surface area contributed by atoms with Crippen molar-refractivity contribution in [3.63, 3.8) is 0 Å². The smallest absolute Gasteiger partial charge is 0.203 e. The van der Waals surface area contributed by atoms with Gasteiger partial charge in [-0.1, -0.05) is 30.3 Å². The summed E-state index contributed by atoms with van der Waals surface area (Å²) in [5.41, 5.74) is 12.8. The topological polar surface area (TPSA) is 87.1 Å². The van der Waals surface area contributed by atoms with Crippen LogP contribution in [0.3, 0.4) is 0 Å². The molecule has 2 aromatic carbocycles. The van der Waals surface area contributed by atoms with Gasteiger partial charge in [0.25, 0.3) is 0 Å². The number of thiazole rings is 1. The fourth-order valence-corrected chi connectivity index (χ4v) is 2.83. The molecule has 0 amide bonds. The molecule has 25 heavy (non-hydrogen) atoms. The summed E-state index contributed by atoms with van der Waals surface area (Å²) in [5.74, 6) is 0. The number of benzene rings is 2. The fraction of sp³-hybridized carbons (Fsp3) is 0. The molecule has 0 unspecified atom stereocenters. The molecule has 0 aliphatic rings. The fourth-order valence-electron chi connectivity index (χ4n) is 2.16. The van der Waals surface area contributed by atoms with Crippen LogP contribution < -0.4 is 11.2 Å². The minimum Gasteiger partial charge on any atom is -0.399 e. The van der Waals surface area contributed by atoms with Crippen molar-refractivity contribution in [3.05, 3.63) is 71.1 Å². The van der Waals surface area contributed by atoms with E-state index in [1.165, 1.54) is 11.3 Å². The Morgan fingerprint density at radius 3 is 2.92 bits per heavy atom. The van der Waals surface area contributed by atoms with Crippen LogP contribution >= 0.6 is 11.3 Å². The molecule has 1 heterocycles. The highest BCUT2D eigenvalue weighted by molar-refractivity contribution is 7.14. The number of hydrogen-bond donors (Lipinski definition) is 2. The first-order chi connectivity index (χ1) is 12.2. The largest absolute Gasteiger partial charge is 0.399 e. The minimum atomic E-state index is 0.633. The van der Waals surface area contributed by atoms with Crippen molar-refractivity contribution >= 4 is 34.4 Å². The number of hydrazone groups is 1. The van der Waals surface area contributed by atoms with Crippen LogP contribution in [0.4, 0.5) is 10.8 Å². The average molecular weight is 345 g/mol. The summed E-state index contributed by atoms with van der Waals surface area (Å²) in [6.07, 6.45) is 5.32. The Kier molecular flexibility index (Phi) is 5.19. The van der Waals surface area contributed by atoms with Gasteiger partial charge in [0.1, 0.15) is 0 Å². The molecule has 6 heteroatoms. The summed E-state index contributed by atoms with van der Waals surface area (Å²) >= 11 is 1.47. The SMILES string of the molecule is N#Cc1cccc(/C=C/C=N/Nc2nc(-c3cccc(N)c3)cs2)c1. The van der Waals surface area contributed by atoms with E-state index >= 15 is 0 Å². The van der Waals surface area contributed by atoms with Crippen molar-refractivity contribution in [1.29, 1.82) is 5.26 Å². The van der Waals surface area contributed by atoms with Gasteiger partial charge in [0.2, 0.25) is 5.13 Å². The van der Waals surface area contributed by atoms with E-state index in [-0.39, 0.29) is 0 Å². The maximum atomic E-state index is 8.87. The van der Waals surface area contributed by atoms with E-state index in [1.54, 1.807) is 18.4 Å². The Morgan fingerprint density at radius 1 is 1.20 bits per heavy atom. The third-order valence-corrected chi connectivity index (χ3v) is 4.06. The van der Waals surface area contributed by atoms with Crippen LogP contribution in [0, 0.1) is 11.3 Å². The van der Waals surface area contributed by atoms with E-state index in [0.29, 0.717) is 16.4 Å². The second-order valence-corrected chi connectivity index (χ2v) is 6.01. The average Bonchev–Trinajstić information content (AvgIpc) is 3.11. The van der Waals surface area contributed by atoms with Crippen molar-refractivity contribution in [3.8, 4) is 17.3 Å². The van der Waals surface area contributed by atoms with Gasteiger partial charge >= 0.3 is 0 Å². The van der Waals surface area contributed by atoms with E-state index in [4.69, 9.17) is 11.0 Å². The Labute approximate surface area is 149 Å². The summed E-state index contributed by atoms with van der Waals surface area (Å²) in [6, 6.07) is 17.1. The van der Waals surface area contributed by atoms with Gasteiger partial charge in [0, 0.05) is 22.8 Å². The lowest BCUT2D eigenvalue weighted by molar-refractivity contribution is 1.29. The van der Waals surface area contributed by atoms with Gasteiger partial charge in [-0.2, -0.15) is 10.4 Å². The molecule has 0 atom stereocenters. The zero-order valence-electron chi connectivity index (χ0n) is 13.3. The summed E-state index contributed by atoms with van der Waals surface area (Å²) < 4.78 is 0. The molecule has 0 aliphatic heterocycles. The zero-order valence-corrected chi connectivity index (χ0v) is 14.1. The number of nitriles is 1. The number of anilines is 2. The van der Waals surface area contributed by atoms with Gasteiger partial charge in [-0.3, -0.25) is 5.43 Å². The van der Waals surface area contributed by atoms with E-state index < -0.39 is 0 Å². The maximum absolute atomic E-state index is 8.87. The zero-order chi connectivity index (χ0) is 17.5. The lowest BCUT2D eigenvalue weighted by Crippen LogP contribution is -1.88. The van der Waals surface area contributed by atoms with Crippen molar-refractivity contribution in [2.24, 2.45) is 5.10 Å². The van der Waals surface area contributed by atoms with Crippen LogP contribution in [-0.4, -0.2) is 11.2 Å². The van der Waals surface area contributed by atoms with Crippen molar-refractivity contribution in [2.45, 2.75) is 0 Å². The van der Waals surface area contributed by atoms with Crippen LogP contribution in [0.1, 0.15) is 11.1 Å². The van der Waals surface area contributed by atoms with Crippen molar-refractivity contribution < 1.29 is 0 Å². The van der Waals surface area contributed by atoms with Crippen LogP contribution in [0.25, 0.3) is 17.3 Å². The number of nitrogens with two attached hydrogens (primary N) is 1. The van der Waals surface area contributed by atoms with Crippen LogP contribution in [0.2, 0.25) is 0 Å². The summed E-state index contributed by atoms with van der Waals surface area (Å²) in [4.78, 5) is 4.48. The number of nitrogens with zero attached hydrogens (tertiary/aromatic N) is 3. The molecule has 3 rings (SSSR count). The van der Waals surface area contributed by atoms with Crippen molar-refractivity contribution in [1.82, 2.24) is 4.98 Å². The number of rotatable bonds is 5. The number of hydrogen-bond acceptors (Lipinski definition) is 6. The number of nitrogen functional groups attached to an aromatic ring is 1. The highest BCUT2D eigenvalue weighted by atomic mass is 32.1. The lowest BCUT2D eigenvalue weighted by atomic mass is 10.1. The first-order valence-corrected chi connectivity index (χ1v) is 8.40. The molecular weight excluding hydrogens is 330 g/mol. The molecule has 3 N–H and O–H groups in total. The Hall–Kier alpha value is -3.43. The van der Waals surface area contributed by atoms with Gasteiger partial charge in [0.15, 0.2) is 0 Å². The summed E-state index contributed by atoms with van der Waals surface area (Å²) in [7, 11) is 0. The quantitative estimate of drug-likeness (QED) is 0.408. The Morgan fingerprint density at radius 2 is 2.08 bits per heavy atom. The monoisotopic (exact) mass is 345 g/mol. The third kappa shape index (κ3) is 4.53. The highest BCUT2D eigenvalue weighted by Gasteiger charge is 2.03. The Bertz CT molecular complexity index is 966. The molecule has 0 radical (unpaired) electrons. The number of aromatic nitrogens is 1. The van der Waals surface area contributed by atoms with Crippen LogP contribution in [0.15, 0.2) is 65.1 Å². The van der Waals surface area contributed by atoms with Crippen LogP contribution in [0.5, 0.6) is 0 Å². The van der Waals surface area contributed by atoms with Gasteiger partial charge in [-0.15, -0.1) is 11.3 Å². The molecule has 0 saturated carbocycles. The van der Waals surface area contributed by atoms with E-state index in [9.17, 15) is 0 Å². The van der Waals surface area contributed by atoms with Crippen LogP contribution in [-0.2, 0) is 0 Å². The molecule has 0 saturated heterocycles. The second kappa shape index (κ2) is 7.90. The lowest BCUT2D eigenvalue weighted by Gasteiger charge is -1.97. The first-order valence-electron chi connectivity index (χ1n) is 7.52. The summed E-state index contributed by atoms with van der Waals surface area (Å²) in [6.45, 7) is 0. The molecule has 1 aromatic heterocycles. The molecule has 0 bridgehead atoms. The maximum Gasteiger partial charge on any atom is 0.203 e. The van der Waals surface area contributed by atoms with Gasteiger partial charge in [0.05, 0.1) is 17.3 Å². The molecule has 5 nitrogen and oxygen atoms in total. The number of nitrogens with one attached hydrogen (secondary N) is 1. The van der Waals surface area contributed by atoms with Gasteiger partial charge in [-0.25, -0.2) is 4.98 Å². The van der Waals surface area contributed by atoms with E-state index in [1.807, 2.05) is 53.9 Å². The van der Waals surface area contributed by atoms with E-state index in [2.05, 4.69) is 21.6 Å². The molecule has 3 aromatic rings. The predicted molar refractivity (Wildman–Crippen MR) is 104 cm³/mol. The normalized spacial score (nSPS) is 11.0. The molecule has 0 aliphatic carbocycles. The number of allylic oxidation sites excluding steroid dienone is 1. The standard InChI is InChI=1S/C19H15N5S/c20-12-15-5-1-4-14(10-15)6-3-9-22-24-19-23-18(13-25-19)16-7-2-8-17(21)11-16/h1-11,13H,21H2,(H,23,24)/b6-3+,22-9+. The molecule has 122 valence electrons. The molecule has 0 fully saturated rings. The highest BCUT2D eigenvalue weighted by Crippen LogP contribution is 2.25. The Balaban J connectivity index is 1.59. The van der Waals surface area contributed by atoms with Gasteiger partial charge in [-0.05, 0) is 35.9 Å². The predicted octanol–water partition coefficient (Wildman–Crippen LogP) is 4.38. The first kappa shape index (κ1) is 16.4. The molecule has 0 spiro atoms. The molecular formula is C19H15N5S.